The summed E-state index contributed by atoms with van der Waals surface area (Å²) in [6.45, 7) is 3.78. The molecule has 1 amide bonds. The molecule has 2 heterocycles. The fourth-order valence-electron chi connectivity index (χ4n) is 3.86. The Bertz CT molecular complexity index is 1090. The Kier molecular flexibility index (Phi) is 7.02. The second-order valence-electron chi connectivity index (χ2n) is 7.69. The molecule has 0 aliphatic carbocycles. The van der Waals surface area contributed by atoms with E-state index in [0.29, 0.717) is 10.0 Å². The highest BCUT2D eigenvalue weighted by Gasteiger charge is 2.22. The van der Waals surface area contributed by atoms with Crippen molar-refractivity contribution in [2.24, 2.45) is 0 Å². The summed E-state index contributed by atoms with van der Waals surface area (Å²) in [7, 11) is 0. The third-order valence-electron chi connectivity index (χ3n) is 5.44. The maximum atomic E-state index is 12.7. The first-order valence-electron chi connectivity index (χ1n) is 10.3. The van der Waals surface area contributed by atoms with E-state index in [1.54, 1.807) is 16.8 Å². The van der Waals surface area contributed by atoms with Crippen LogP contribution in [0.5, 0.6) is 0 Å². The maximum Gasteiger partial charge on any atom is 0.240 e. The number of hydrogen-bond donors (Lipinski definition) is 1. The summed E-state index contributed by atoms with van der Waals surface area (Å²) in [6, 6.07) is 13.3. The molecule has 0 radical (unpaired) electrons. The van der Waals surface area contributed by atoms with E-state index in [0.717, 1.165) is 58.6 Å². The maximum absolute atomic E-state index is 12.7. The Morgan fingerprint density at radius 1 is 1.10 bits per heavy atom. The van der Waals surface area contributed by atoms with E-state index in [1.165, 1.54) is 6.42 Å². The van der Waals surface area contributed by atoms with Gasteiger partial charge in [0.25, 0.3) is 0 Å². The second kappa shape index (κ2) is 9.74. The minimum absolute atomic E-state index is 0.0563. The number of piperidine rings is 1. The van der Waals surface area contributed by atoms with Gasteiger partial charge in [0.2, 0.25) is 5.91 Å². The van der Waals surface area contributed by atoms with Crippen LogP contribution >= 0.6 is 39.1 Å². The standard InChI is InChI=1S/C23H23BrCl2N4O/c1-15-20(14-22(31)28-29-11-3-2-4-12-29)27-30(21-10-9-18(25)13-19(21)26)23(15)16-5-7-17(24)8-6-16/h5-10,13H,2-4,11-12,14H2,1H3,(H,28,31). The van der Waals surface area contributed by atoms with Gasteiger partial charge in [0.1, 0.15) is 0 Å². The fourth-order valence-corrected chi connectivity index (χ4v) is 4.61. The van der Waals surface area contributed by atoms with Gasteiger partial charge < -0.3 is 0 Å². The van der Waals surface area contributed by atoms with Crippen LogP contribution in [0.1, 0.15) is 30.5 Å². The number of benzene rings is 2. The van der Waals surface area contributed by atoms with E-state index in [4.69, 9.17) is 28.3 Å². The summed E-state index contributed by atoms with van der Waals surface area (Å²) in [6.07, 6.45) is 3.63. The average Bonchev–Trinajstić information content (AvgIpc) is 3.05. The van der Waals surface area contributed by atoms with Crippen molar-refractivity contribution < 1.29 is 4.79 Å². The minimum Gasteiger partial charge on any atom is -0.289 e. The van der Waals surface area contributed by atoms with Crippen molar-refractivity contribution in [3.05, 3.63) is 68.2 Å². The summed E-state index contributed by atoms with van der Waals surface area (Å²) in [5.41, 5.74) is 7.30. The van der Waals surface area contributed by atoms with Crippen LogP contribution in [-0.4, -0.2) is 33.8 Å². The molecule has 0 unspecified atom stereocenters. The van der Waals surface area contributed by atoms with Crippen LogP contribution in [0.2, 0.25) is 10.0 Å². The zero-order valence-electron chi connectivity index (χ0n) is 17.2. The Labute approximate surface area is 200 Å². The van der Waals surface area contributed by atoms with Gasteiger partial charge in [0, 0.05) is 28.1 Å². The van der Waals surface area contributed by atoms with Gasteiger partial charge in [-0.1, -0.05) is 57.7 Å². The van der Waals surface area contributed by atoms with E-state index < -0.39 is 0 Å². The molecule has 2 aromatic carbocycles. The lowest BCUT2D eigenvalue weighted by atomic mass is 10.1. The van der Waals surface area contributed by atoms with Gasteiger partial charge in [-0.05, 0) is 55.7 Å². The number of hydrazine groups is 1. The largest absolute Gasteiger partial charge is 0.289 e. The number of rotatable bonds is 5. The Morgan fingerprint density at radius 3 is 2.48 bits per heavy atom. The molecule has 1 fully saturated rings. The number of amides is 1. The molecule has 4 rings (SSSR count). The summed E-state index contributed by atoms with van der Waals surface area (Å²) < 4.78 is 2.80. The van der Waals surface area contributed by atoms with E-state index in [-0.39, 0.29) is 12.3 Å². The van der Waals surface area contributed by atoms with Gasteiger partial charge >= 0.3 is 0 Å². The van der Waals surface area contributed by atoms with E-state index >= 15 is 0 Å². The van der Waals surface area contributed by atoms with Crippen LogP contribution in [0.25, 0.3) is 16.9 Å². The predicted octanol–water partition coefficient (Wildman–Crippen LogP) is 5.98. The quantitative estimate of drug-likeness (QED) is 0.449. The van der Waals surface area contributed by atoms with Crippen LogP contribution in [0, 0.1) is 6.92 Å². The molecule has 1 aliphatic heterocycles. The van der Waals surface area contributed by atoms with Gasteiger partial charge in [-0.2, -0.15) is 5.10 Å². The van der Waals surface area contributed by atoms with Crippen molar-refractivity contribution in [2.75, 3.05) is 13.1 Å². The lowest BCUT2D eigenvalue weighted by Crippen LogP contribution is -2.45. The molecular weight excluding hydrogens is 499 g/mol. The molecular formula is C23H23BrCl2N4O. The first-order valence-corrected chi connectivity index (χ1v) is 11.8. The molecule has 1 N–H and O–H groups in total. The highest BCUT2D eigenvalue weighted by atomic mass is 79.9. The fraction of sp³-hybridized carbons (Fsp3) is 0.304. The molecule has 0 atom stereocenters. The van der Waals surface area contributed by atoms with Gasteiger partial charge in [-0.15, -0.1) is 0 Å². The average molecular weight is 522 g/mol. The van der Waals surface area contributed by atoms with Crippen molar-refractivity contribution in [3.63, 3.8) is 0 Å². The SMILES string of the molecule is Cc1c(CC(=O)NN2CCCCC2)nn(-c2ccc(Cl)cc2Cl)c1-c1ccc(Br)cc1. The van der Waals surface area contributed by atoms with Gasteiger partial charge in [-0.25, -0.2) is 9.69 Å². The first kappa shape index (κ1) is 22.3. The monoisotopic (exact) mass is 520 g/mol. The molecule has 8 heteroatoms. The van der Waals surface area contributed by atoms with Crippen molar-refractivity contribution in [1.82, 2.24) is 20.2 Å². The number of nitrogens with one attached hydrogen (secondary N) is 1. The van der Waals surface area contributed by atoms with Crippen molar-refractivity contribution >= 4 is 45.0 Å². The predicted molar refractivity (Wildman–Crippen MR) is 129 cm³/mol. The van der Waals surface area contributed by atoms with Crippen LogP contribution < -0.4 is 5.43 Å². The molecule has 162 valence electrons. The minimum atomic E-state index is -0.0563. The highest BCUT2D eigenvalue weighted by Crippen LogP contribution is 2.33. The van der Waals surface area contributed by atoms with E-state index in [1.807, 2.05) is 42.3 Å². The number of nitrogens with zero attached hydrogens (tertiary/aromatic N) is 3. The summed E-state index contributed by atoms with van der Waals surface area (Å²) >= 11 is 16.1. The summed E-state index contributed by atoms with van der Waals surface area (Å²) in [5.74, 6) is -0.0563. The van der Waals surface area contributed by atoms with Crippen molar-refractivity contribution in [3.8, 4) is 16.9 Å². The zero-order chi connectivity index (χ0) is 22.0. The Morgan fingerprint density at radius 2 is 1.81 bits per heavy atom. The number of aromatic nitrogens is 2. The number of hydrogen-bond acceptors (Lipinski definition) is 3. The van der Waals surface area contributed by atoms with Gasteiger partial charge in [-0.3, -0.25) is 10.2 Å². The highest BCUT2D eigenvalue weighted by molar-refractivity contribution is 9.10. The lowest BCUT2D eigenvalue weighted by molar-refractivity contribution is -0.125. The molecule has 1 saturated heterocycles. The molecule has 0 saturated carbocycles. The van der Waals surface area contributed by atoms with Crippen LogP contribution in [-0.2, 0) is 11.2 Å². The van der Waals surface area contributed by atoms with Gasteiger partial charge in [0.05, 0.1) is 28.5 Å². The first-order chi connectivity index (χ1) is 14.9. The molecule has 0 bridgehead atoms. The third kappa shape index (κ3) is 5.14. The summed E-state index contributed by atoms with van der Waals surface area (Å²) in [4.78, 5) is 12.7. The lowest BCUT2D eigenvalue weighted by Gasteiger charge is -2.26. The molecule has 3 aromatic rings. The van der Waals surface area contributed by atoms with Gasteiger partial charge in [0.15, 0.2) is 0 Å². The third-order valence-corrected chi connectivity index (χ3v) is 6.51. The Balaban J connectivity index is 1.71. The molecule has 0 spiro atoms. The number of carbonyl (C=O) groups is 1. The summed E-state index contributed by atoms with van der Waals surface area (Å²) in [5, 5.41) is 7.86. The number of halogens is 3. The van der Waals surface area contributed by atoms with Crippen LogP contribution in [0.15, 0.2) is 46.9 Å². The number of carbonyl (C=O) groups excluding carboxylic acids is 1. The molecule has 1 aliphatic rings. The zero-order valence-corrected chi connectivity index (χ0v) is 20.3. The van der Waals surface area contributed by atoms with E-state index in [9.17, 15) is 4.79 Å². The van der Waals surface area contributed by atoms with Crippen LogP contribution in [0.4, 0.5) is 0 Å². The van der Waals surface area contributed by atoms with E-state index in [2.05, 4.69) is 21.4 Å². The molecule has 31 heavy (non-hydrogen) atoms. The second-order valence-corrected chi connectivity index (χ2v) is 9.45. The molecule has 5 nitrogen and oxygen atoms in total. The topological polar surface area (TPSA) is 50.2 Å². The Hall–Kier alpha value is -1.86. The normalized spacial score (nSPS) is 14.6. The van der Waals surface area contributed by atoms with Crippen molar-refractivity contribution in [1.29, 1.82) is 0 Å². The van der Waals surface area contributed by atoms with Crippen LogP contribution in [0.3, 0.4) is 0 Å². The molecule has 1 aromatic heterocycles. The van der Waals surface area contributed by atoms with Crippen molar-refractivity contribution in [2.45, 2.75) is 32.6 Å². The smallest absolute Gasteiger partial charge is 0.240 e.